The maximum atomic E-state index is 14.2. The largest absolute Gasteiger partial charge is 0.445 e. The van der Waals surface area contributed by atoms with Crippen LogP contribution in [0.2, 0.25) is 0 Å². The molecule has 0 saturated heterocycles. The van der Waals surface area contributed by atoms with Crippen LogP contribution in [0.1, 0.15) is 63.0 Å². The summed E-state index contributed by atoms with van der Waals surface area (Å²) in [5.41, 5.74) is 1.64. The lowest BCUT2D eigenvalue weighted by molar-refractivity contribution is -0.131. The van der Waals surface area contributed by atoms with E-state index in [1.54, 1.807) is 0 Å². The van der Waals surface area contributed by atoms with Crippen molar-refractivity contribution in [2.24, 2.45) is 11.8 Å². The van der Waals surface area contributed by atoms with E-state index in [2.05, 4.69) is 21.3 Å². The fourth-order valence-corrected chi connectivity index (χ4v) is 6.61. The van der Waals surface area contributed by atoms with Crippen molar-refractivity contribution >= 4 is 45.9 Å². The van der Waals surface area contributed by atoms with Crippen LogP contribution in [0.5, 0.6) is 0 Å². The zero-order valence-corrected chi connectivity index (χ0v) is 31.3. The van der Waals surface area contributed by atoms with Gasteiger partial charge < -0.3 is 31.1 Å². The first kappa shape index (κ1) is 40.0. The Hall–Kier alpha value is -4.74. The van der Waals surface area contributed by atoms with Crippen LogP contribution in [0, 0.1) is 11.8 Å². The van der Waals surface area contributed by atoms with Crippen LogP contribution in [0.25, 0.3) is 10.8 Å². The van der Waals surface area contributed by atoms with Crippen molar-refractivity contribution in [3.8, 4) is 0 Å². The molecule has 0 spiro atoms. The second-order valence-corrected chi connectivity index (χ2v) is 14.8. The summed E-state index contributed by atoms with van der Waals surface area (Å²) in [4.78, 5) is 54.9. The summed E-state index contributed by atoms with van der Waals surface area (Å²) in [5, 5.41) is 26.5. The van der Waals surface area contributed by atoms with Crippen molar-refractivity contribution in [1.29, 1.82) is 0 Å². The number of fused-ring (bicyclic) bond motifs is 1. The molecular formula is C41H52N4O6S. The summed E-state index contributed by atoms with van der Waals surface area (Å²) in [6.45, 7) is 8.56. The van der Waals surface area contributed by atoms with Crippen molar-refractivity contribution in [2.45, 2.75) is 90.6 Å². The molecule has 4 aromatic rings. The number of amides is 4. The molecule has 278 valence electrons. The zero-order chi connectivity index (χ0) is 37.5. The molecule has 11 heteroatoms. The van der Waals surface area contributed by atoms with Crippen LogP contribution in [0.15, 0.2) is 90.3 Å². The normalized spacial score (nSPS) is 14.1. The Morgan fingerprint density at radius 2 is 1.48 bits per heavy atom. The Balaban J connectivity index is 1.54. The first-order chi connectivity index (χ1) is 25.0. The van der Waals surface area contributed by atoms with E-state index in [1.807, 2.05) is 118 Å². The minimum absolute atomic E-state index is 0.0217. The number of carbonyl (C=O) groups excluding carboxylic acids is 4. The summed E-state index contributed by atoms with van der Waals surface area (Å²) in [7, 11) is 0. The summed E-state index contributed by atoms with van der Waals surface area (Å²) in [6, 6.07) is 23.7. The van der Waals surface area contributed by atoms with Gasteiger partial charge in [0.1, 0.15) is 18.7 Å². The van der Waals surface area contributed by atoms with Crippen LogP contribution in [-0.2, 0) is 38.6 Å². The quantitative estimate of drug-likeness (QED) is 0.0812. The molecule has 0 saturated carbocycles. The summed E-state index contributed by atoms with van der Waals surface area (Å²) < 4.78 is 5.49. The number of hydrogen-bond donors (Lipinski definition) is 5. The van der Waals surface area contributed by atoms with Crippen LogP contribution in [0.4, 0.5) is 4.79 Å². The van der Waals surface area contributed by atoms with Crippen LogP contribution >= 0.6 is 11.3 Å². The lowest BCUT2D eigenvalue weighted by Crippen LogP contribution is -2.57. The molecule has 52 heavy (non-hydrogen) atoms. The molecule has 5 N–H and O–H groups in total. The topological polar surface area (TPSA) is 146 Å². The van der Waals surface area contributed by atoms with Crippen molar-refractivity contribution < 1.29 is 29.0 Å². The SMILES string of the molecule is CCC(C)CNC(=O)CC(O)C(CC(C)C)NC(=O)[C@H](Cc1cccs1)NC(=O)[C@H](Cc1cccc2ccccc12)NC(=O)OCc1ccccc1. The highest BCUT2D eigenvalue weighted by atomic mass is 32.1. The van der Waals surface area contributed by atoms with Gasteiger partial charge in [0.2, 0.25) is 17.7 Å². The van der Waals surface area contributed by atoms with E-state index < -0.39 is 42.1 Å². The second kappa shape index (κ2) is 20.3. The number of aliphatic hydroxyl groups is 1. The van der Waals surface area contributed by atoms with Gasteiger partial charge in [-0.15, -0.1) is 11.3 Å². The number of aliphatic hydroxyl groups excluding tert-OH is 1. The molecule has 5 atom stereocenters. The Morgan fingerprint density at radius 3 is 2.19 bits per heavy atom. The van der Waals surface area contributed by atoms with E-state index in [0.29, 0.717) is 18.9 Å². The first-order valence-electron chi connectivity index (χ1n) is 18.0. The number of nitrogens with one attached hydrogen (secondary N) is 4. The van der Waals surface area contributed by atoms with E-state index in [0.717, 1.165) is 33.2 Å². The monoisotopic (exact) mass is 728 g/mol. The number of carbonyl (C=O) groups is 4. The molecule has 4 amide bonds. The van der Waals surface area contributed by atoms with Gasteiger partial charge in [0.05, 0.1) is 18.6 Å². The standard InChI is InChI=1S/C41H52N4O6S/c1-5-28(4)25-42-38(47)24-37(46)34(21-27(2)3)43-40(49)36(23-32-18-12-20-52-32)44-39(48)35(45-41(50)51-26-29-13-7-6-8-14-29)22-31-17-11-16-30-15-9-10-19-33(30)31/h6-20,27-28,34-37,46H,5,21-26H2,1-4H3,(H,42,47)(H,43,49)(H,44,48)(H,45,50)/t28?,34?,35-,36-,37?/m0/s1. The third-order valence-corrected chi connectivity index (χ3v) is 9.90. The molecule has 1 aromatic heterocycles. The van der Waals surface area contributed by atoms with E-state index in [-0.39, 0.29) is 37.7 Å². The maximum Gasteiger partial charge on any atom is 0.408 e. The predicted molar refractivity (Wildman–Crippen MR) is 206 cm³/mol. The second-order valence-electron chi connectivity index (χ2n) is 13.8. The number of alkyl carbamates (subject to hydrolysis) is 1. The van der Waals surface area contributed by atoms with Crippen molar-refractivity contribution in [3.63, 3.8) is 0 Å². The van der Waals surface area contributed by atoms with Crippen LogP contribution in [0.3, 0.4) is 0 Å². The van der Waals surface area contributed by atoms with Gasteiger partial charge in [-0.3, -0.25) is 14.4 Å². The minimum atomic E-state index is -1.14. The molecule has 0 aliphatic rings. The smallest absolute Gasteiger partial charge is 0.408 e. The summed E-state index contributed by atoms with van der Waals surface area (Å²) >= 11 is 1.45. The zero-order valence-electron chi connectivity index (χ0n) is 30.5. The van der Waals surface area contributed by atoms with Crippen LogP contribution in [-0.4, -0.2) is 59.7 Å². The summed E-state index contributed by atoms with van der Waals surface area (Å²) in [5.74, 6) is -0.947. The molecule has 0 bridgehead atoms. The number of thiophene rings is 1. The Bertz CT molecular complexity index is 1730. The van der Waals surface area contributed by atoms with E-state index in [4.69, 9.17) is 4.74 Å². The molecule has 0 aliphatic carbocycles. The van der Waals surface area contributed by atoms with Gasteiger partial charge in [0.25, 0.3) is 0 Å². The molecule has 0 aliphatic heterocycles. The number of benzene rings is 3. The molecule has 0 fully saturated rings. The molecule has 3 aromatic carbocycles. The molecular weight excluding hydrogens is 677 g/mol. The molecule has 0 radical (unpaired) electrons. The Morgan fingerprint density at radius 1 is 0.788 bits per heavy atom. The van der Waals surface area contributed by atoms with E-state index >= 15 is 0 Å². The number of ether oxygens (including phenoxy) is 1. The van der Waals surface area contributed by atoms with Crippen molar-refractivity contribution in [1.82, 2.24) is 21.3 Å². The van der Waals surface area contributed by atoms with Crippen LogP contribution < -0.4 is 21.3 Å². The first-order valence-corrected chi connectivity index (χ1v) is 18.9. The third kappa shape index (κ3) is 12.8. The van der Waals surface area contributed by atoms with Crippen molar-refractivity contribution in [3.05, 3.63) is 106 Å². The van der Waals surface area contributed by atoms with Gasteiger partial charge in [-0.05, 0) is 51.6 Å². The highest BCUT2D eigenvalue weighted by molar-refractivity contribution is 7.09. The highest BCUT2D eigenvalue weighted by Crippen LogP contribution is 2.21. The van der Waals surface area contributed by atoms with E-state index in [1.165, 1.54) is 11.3 Å². The third-order valence-electron chi connectivity index (χ3n) is 9.00. The lowest BCUT2D eigenvalue weighted by Gasteiger charge is -2.29. The number of hydrogen-bond acceptors (Lipinski definition) is 7. The van der Waals surface area contributed by atoms with Gasteiger partial charge in [0, 0.05) is 24.3 Å². The maximum absolute atomic E-state index is 14.2. The number of rotatable bonds is 19. The molecule has 1 heterocycles. The van der Waals surface area contributed by atoms with Gasteiger partial charge in [-0.1, -0.05) is 113 Å². The average Bonchev–Trinajstić information content (AvgIpc) is 3.65. The van der Waals surface area contributed by atoms with Gasteiger partial charge >= 0.3 is 6.09 Å². The van der Waals surface area contributed by atoms with E-state index in [9.17, 15) is 24.3 Å². The average molecular weight is 729 g/mol. The highest BCUT2D eigenvalue weighted by Gasteiger charge is 2.32. The minimum Gasteiger partial charge on any atom is -0.445 e. The summed E-state index contributed by atoms with van der Waals surface area (Å²) in [6.07, 6.45) is -0.408. The Kier molecular flexibility index (Phi) is 15.7. The molecule has 3 unspecified atom stereocenters. The van der Waals surface area contributed by atoms with Gasteiger partial charge in [-0.2, -0.15) is 0 Å². The predicted octanol–water partition coefficient (Wildman–Crippen LogP) is 5.91. The molecule has 10 nitrogen and oxygen atoms in total. The lowest BCUT2D eigenvalue weighted by atomic mass is 9.96. The van der Waals surface area contributed by atoms with Gasteiger partial charge in [-0.25, -0.2) is 4.79 Å². The molecule has 4 rings (SSSR count). The van der Waals surface area contributed by atoms with Gasteiger partial charge in [0.15, 0.2) is 0 Å². The Labute approximate surface area is 310 Å². The fourth-order valence-electron chi connectivity index (χ4n) is 5.86. The fraction of sp³-hybridized carbons (Fsp3) is 0.415. The van der Waals surface area contributed by atoms with Crippen molar-refractivity contribution in [2.75, 3.05) is 6.54 Å².